The van der Waals surface area contributed by atoms with Crippen molar-refractivity contribution in [2.75, 3.05) is 18.4 Å². The fraction of sp³-hybridized carbons (Fsp3) is 0.679. The van der Waals surface area contributed by atoms with Crippen molar-refractivity contribution in [3.05, 3.63) is 28.7 Å². The normalized spacial score (nSPS) is 18.2. The first-order chi connectivity index (χ1) is 18.1. The molecule has 0 atom stereocenters. The average Bonchev–Trinajstić information content (AvgIpc) is 3.29. The Morgan fingerprint density at radius 3 is 2.53 bits per heavy atom. The van der Waals surface area contributed by atoms with Gasteiger partial charge in [0.15, 0.2) is 5.13 Å². The van der Waals surface area contributed by atoms with E-state index in [1.54, 1.807) is 11.3 Å². The predicted molar refractivity (Wildman–Crippen MR) is 150 cm³/mol. The van der Waals surface area contributed by atoms with Crippen LogP contribution in [-0.2, 0) is 16.0 Å². The highest BCUT2D eigenvalue weighted by Gasteiger charge is 2.45. The van der Waals surface area contributed by atoms with Crippen molar-refractivity contribution >= 4 is 34.3 Å². The molecule has 38 heavy (non-hydrogen) atoms. The number of amides is 2. The number of carbonyl (C=O) groups excluding carboxylic acids is 2. The maximum atomic E-state index is 13.8. The third kappa shape index (κ3) is 7.21. The summed E-state index contributed by atoms with van der Waals surface area (Å²) in [5.41, 5.74) is -0.585. The molecule has 1 aliphatic carbocycles. The molecular weight excluding hydrogens is 500 g/mol. The number of aromatic nitrogens is 3. The molecule has 2 aliphatic rings. The molecule has 2 N–H and O–H groups in total. The van der Waals surface area contributed by atoms with E-state index in [1.807, 2.05) is 44.9 Å². The van der Waals surface area contributed by atoms with Crippen LogP contribution in [0.3, 0.4) is 0 Å². The quantitative estimate of drug-likeness (QED) is 0.450. The zero-order chi connectivity index (χ0) is 27.3. The summed E-state index contributed by atoms with van der Waals surface area (Å²) in [5.74, 6) is 1.75. The van der Waals surface area contributed by atoms with Crippen LogP contribution in [0, 0.1) is 6.92 Å². The lowest BCUT2D eigenvalue weighted by Crippen LogP contribution is -2.62. The molecule has 3 heterocycles. The molecule has 0 bridgehead atoms. The van der Waals surface area contributed by atoms with Crippen molar-refractivity contribution in [3.8, 4) is 0 Å². The summed E-state index contributed by atoms with van der Waals surface area (Å²) in [6, 6.07) is 1.94. The van der Waals surface area contributed by atoms with E-state index in [9.17, 15) is 9.59 Å². The van der Waals surface area contributed by atoms with Crippen molar-refractivity contribution in [2.24, 2.45) is 0 Å². The van der Waals surface area contributed by atoms with Crippen LogP contribution in [0.25, 0.3) is 0 Å². The summed E-state index contributed by atoms with van der Waals surface area (Å²) in [6.45, 7) is 10.9. The van der Waals surface area contributed by atoms with Gasteiger partial charge in [-0.1, -0.05) is 32.6 Å². The monoisotopic (exact) mass is 542 g/mol. The number of rotatable bonds is 7. The number of hydrogen-bond donors (Lipinski definition) is 2. The summed E-state index contributed by atoms with van der Waals surface area (Å²) in [4.78, 5) is 43.7. The number of thiazole rings is 1. The highest BCUT2D eigenvalue weighted by molar-refractivity contribution is 7.15. The molecular formula is C28H42N6O3S. The average molecular weight is 543 g/mol. The Labute approximate surface area is 230 Å². The van der Waals surface area contributed by atoms with Crippen molar-refractivity contribution in [1.82, 2.24) is 25.2 Å². The van der Waals surface area contributed by atoms with Crippen LogP contribution in [-0.4, -0.2) is 56.1 Å². The Bertz CT molecular complexity index is 1110. The van der Waals surface area contributed by atoms with E-state index in [0.29, 0.717) is 25.9 Å². The molecule has 0 spiro atoms. The molecule has 0 unspecified atom stereocenters. The molecule has 1 aliphatic heterocycles. The first-order valence-corrected chi connectivity index (χ1v) is 14.8. The maximum Gasteiger partial charge on any atom is 0.408 e. The van der Waals surface area contributed by atoms with E-state index in [1.165, 1.54) is 4.88 Å². The Kier molecular flexibility index (Phi) is 8.90. The van der Waals surface area contributed by atoms with Crippen molar-refractivity contribution in [3.63, 3.8) is 0 Å². The predicted octanol–water partition coefficient (Wildman–Crippen LogP) is 5.87. The van der Waals surface area contributed by atoms with Gasteiger partial charge in [-0.25, -0.2) is 19.7 Å². The number of aryl methyl sites for hydroxylation is 2. The zero-order valence-corrected chi connectivity index (χ0v) is 24.2. The van der Waals surface area contributed by atoms with Gasteiger partial charge in [-0.05, 0) is 59.8 Å². The second-order valence-electron chi connectivity index (χ2n) is 11.6. The fourth-order valence-electron chi connectivity index (χ4n) is 5.37. The summed E-state index contributed by atoms with van der Waals surface area (Å²) < 4.78 is 5.51. The van der Waals surface area contributed by atoms with Gasteiger partial charge < -0.3 is 20.3 Å². The van der Waals surface area contributed by atoms with Crippen LogP contribution in [0.2, 0.25) is 0 Å². The van der Waals surface area contributed by atoms with E-state index < -0.39 is 17.2 Å². The Balaban J connectivity index is 1.40. The third-order valence-corrected chi connectivity index (χ3v) is 8.13. The number of alkyl carbamates (subject to hydrolysis) is 1. The molecule has 2 aromatic rings. The molecule has 4 rings (SSSR count). The van der Waals surface area contributed by atoms with Gasteiger partial charge in [-0.15, -0.1) is 11.3 Å². The van der Waals surface area contributed by atoms with Crippen LogP contribution in [0.5, 0.6) is 0 Å². The van der Waals surface area contributed by atoms with Crippen LogP contribution >= 0.6 is 11.3 Å². The first kappa shape index (κ1) is 28.3. The van der Waals surface area contributed by atoms with Crippen molar-refractivity contribution in [2.45, 2.75) is 109 Å². The number of nitrogens with one attached hydrogen (secondary N) is 2. The molecule has 1 saturated heterocycles. The number of anilines is 2. The smallest absolute Gasteiger partial charge is 0.408 e. The standard InChI is InChI=1S/C28H42N6O3S/c1-6-10-21-18-29-25(38-21)32-22-17-19(2)30-23(31-22)20-11-15-34(16-12-20)24(35)28(13-8-7-9-14-28)33-26(36)37-27(3,4)5/h17-18,20H,6-16H2,1-5H3,(H,33,36)(H,29,30,31,32). The van der Waals surface area contributed by atoms with Gasteiger partial charge in [0.25, 0.3) is 0 Å². The lowest BCUT2D eigenvalue weighted by atomic mass is 9.80. The SMILES string of the molecule is CCCc1cnc(Nc2cc(C)nc(C3CCN(C(=O)C4(NC(=O)OC(C)(C)C)CCCCC4)CC3)n2)s1. The van der Waals surface area contributed by atoms with Gasteiger partial charge in [0, 0.05) is 41.8 Å². The van der Waals surface area contributed by atoms with E-state index >= 15 is 0 Å². The third-order valence-electron chi connectivity index (χ3n) is 7.16. The molecule has 2 fully saturated rings. The zero-order valence-electron chi connectivity index (χ0n) is 23.4. The van der Waals surface area contributed by atoms with Gasteiger partial charge in [0.1, 0.15) is 22.8 Å². The van der Waals surface area contributed by atoms with E-state index in [0.717, 1.165) is 67.4 Å². The summed E-state index contributed by atoms with van der Waals surface area (Å²) in [5, 5.41) is 7.18. The first-order valence-electron chi connectivity index (χ1n) is 13.9. The molecule has 2 aromatic heterocycles. The van der Waals surface area contributed by atoms with Crippen molar-refractivity contribution in [1.29, 1.82) is 0 Å². The molecule has 10 heteroatoms. The molecule has 1 saturated carbocycles. The number of likely N-dealkylation sites (tertiary alicyclic amines) is 1. The molecule has 0 aromatic carbocycles. The molecule has 9 nitrogen and oxygen atoms in total. The van der Waals surface area contributed by atoms with Gasteiger partial charge in [0.05, 0.1) is 0 Å². The number of piperidine rings is 1. The minimum absolute atomic E-state index is 0.0145. The van der Waals surface area contributed by atoms with Gasteiger partial charge in [-0.3, -0.25) is 4.79 Å². The topological polar surface area (TPSA) is 109 Å². The van der Waals surface area contributed by atoms with Crippen LogP contribution in [0.1, 0.15) is 101 Å². The number of ether oxygens (including phenoxy) is 1. The minimum Gasteiger partial charge on any atom is -0.444 e. The number of nitrogens with zero attached hydrogens (tertiary/aromatic N) is 4. The Hall–Kier alpha value is -2.75. The lowest BCUT2D eigenvalue weighted by Gasteiger charge is -2.42. The summed E-state index contributed by atoms with van der Waals surface area (Å²) in [7, 11) is 0. The fourth-order valence-corrected chi connectivity index (χ4v) is 6.29. The molecule has 208 valence electrons. The van der Waals surface area contributed by atoms with Gasteiger partial charge >= 0.3 is 6.09 Å². The highest BCUT2D eigenvalue weighted by atomic mass is 32.1. The van der Waals surface area contributed by atoms with E-state index in [-0.39, 0.29) is 11.8 Å². The van der Waals surface area contributed by atoms with Crippen molar-refractivity contribution < 1.29 is 14.3 Å². The van der Waals surface area contributed by atoms with E-state index in [2.05, 4.69) is 22.5 Å². The highest BCUT2D eigenvalue weighted by Crippen LogP contribution is 2.34. The van der Waals surface area contributed by atoms with E-state index in [4.69, 9.17) is 14.7 Å². The maximum absolute atomic E-state index is 13.8. The van der Waals surface area contributed by atoms with Crippen LogP contribution < -0.4 is 10.6 Å². The van der Waals surface area contributed by atoms with Gasteiger partial charge in [-0.2, -0.15) is 0 Å². The summed E-state index contributed by atoms with van der Waals surface area (Å²) in [6.07, 6.45) is 9.33. The largest absolute Gasteiger partial charge is 0.444 e. The minimum atomic E-state index is -0.880. The number of carbonyl (C=O) groups is 2. The summed E-state index contributed by atoms with van der Waals surface area (Å²) >= 11 is 1.66. The second-order valence-corrected chi connectivity index (χ2v) is 12.7. The van der Waals surface area contributed by atoms with Gasteiger partial charge in [0.2, 0.25) is 5.91 Å². The second kappa shape index (κ2) is 12.0. The Morgan fingerprint density at radius 1 is 1.16 bits per heavy atom. The number of hydrogen-bond acceptors (Lipinski definition) is 8. The lowest BCUT2D eigenvalue weighted by molar-refractivity contribution is -0.141. The van der Waals surface area contributed by atoms with Crippen LogP contribution in [0.15, 0.2) is 12.3 Å². The molecule has 2 amide bonds. The Morgan fingerprint density at radius 2 is 1.87 bits per heavy atom. The molecule has 0 radical (unpaired) electrons. The van der Waals surface area contributed by atoms with Crippen LogP contribution in [0.4, 0.5) is 15.7 Å².